The van der Waals surface area contributed by atoms with Crippen LogP contribution in [-0.2, 0) is 0 Å². The Bertz CT molecular complexity index is 1260. The molecule has 0 spiro atoms. The van der Waals surface area contributed by atoms with Gasteiger partial charge in [-0.25, -0.2) is 4.79 Å². The maximum absolute atomic E-state index is 13.1. The molecule has 1 aromatic heterocycles. The first-order valence-electron chi connectivity index (χ1n) is 9.45. The summed E-state index contributed by atoms with van der Waals surface area (Å²) in [7, 11) is 0. The second-order valence-electron chi connectivity index (χ2n) is 6.81. The van der Waals surface area contributed by atoms with Crippen LogP contribution in [0.25, 0.3) is 11.3 Å². The Morgan fingerprint density at radius 3 is 2.06 bits per heavy atom. The van der Waals surface area contributed by atoms with Gasteiger partial charge in [0.05, 0.1) is 5.69 Å². The minimum absolute atomic E-state index is 0.272. The quantitative estimate of drug-likeness (QED) is 0.268. The molecular formula is C23H17Cl2N4O2S+. The number of nitrogens with one attached hydrogen (secondary N) is 1. The van der Waals surface area contributed by atoms with E-state index in [9.17, 15) is 9.59 Å². The molecule has 6 nitrogen and oxygen atoms in total. The highest BCUT2D eigenvalue weighted by Gasteiger charge is 2.46. The number of carbonyl (C=O) groups is 2. The predicted octanol–water partition coefficient (Wildman–Crippen LogP) is 6.18. The normalized spacial score (nSPS) is 12.7. The van der Waals surface area contributed by atoms with Crippen molar-refractivity contribution >= 4 is 57.3 Å². The largest absolute Gasteiger partial charge is 0.451 e. The third-order valence-electron chi connectivity index (χ3n) is 4.77. The third-order valence-corrected chi connectivity index (χ3v) is 6.19. The minimum atomic E-state index is -0.825. The third kappa shape index (κ3) is 4.24. The number of thiazole rings is 1. The van der Waals surface area contributed by atoms with E-state index in [0.29, 0.717) is 27.0 Å². The zero-order valence-electron chi connectivity index (χ0n) is 16.5. The fourth-order valence-corrected chi connectivity index (χ4v) is 4.35. The van der Waals surface area contributed by atoms with Crippen molar-refractivity contribution in [2.75, 3.05) is 0 Å². The molecule has 0 saturated heterocycles. The zero-order valence-corrected chi connectivity index (χ0v) is 18.9. The first-order chi connectivity index (χ1) is 15.4. The van der Waals surface area contributed by atoms with E-state index in [1.165, 1.54) is 11.3 Å². The van der Waals surface area contributed by atoms with Crippen molar-refractivity contribution < 1.29 is 9.59 Å². The molecule has 4 aromatic rings. The second-order valence-corrected chi connectivity index (χ2v) is 8.52. The molecule has 0 radical (unpaired) electrons. The number of aromatic nitrogens is 1. The predicted molar refractivity (Wildman–Crippen MR) is 129 cm³/mol. The lowest BCUT2D eigenvalue weighted by Crippen LogP contribution is -2.63. The molecule has 4 rings (SSSR count). The highest BCUT2D eigenvalue weighted by molar-refractivity contribution is 7.14. The number of amides is 3. The Hall–Kier alpha value is -3.23. The van der Waals surface area contributed by atoms with Crippen LogP contribution in [-0.4, -0.2) is 16.9 Å². The van der Waals surface area contributed by atoms with Crippen LogP contribution in [0.5, 0.6) is 0 Å². The Balaban J connectivity index is 1.85. The van der Waals surface area contributed by atoms with Crippen molar-refractivity contribution in [2.45, 2.75) is 0 Å². The Morgan fingerprint density at radius 1 is 0.875 bits per heavy atom. The SMILES string of the molecule is NC(=O)[N+](NC(=O)c1ccccc1)(c1ccc(Cl)cc1)c1nc(-c2ccc(Cl)cc2)cs1. The average Bonchev–Trinajstić information content (AvgIpc) is 3.29. The summed E-state index contributed by atoms with van der Waals surface area (Å²) in [6, 6.07) is 21.4. The summed E-state index contributed by atoms with van der Waals surface area (Å²) in [5.41, 5.74) is 10.9. The number of hydrogen-bond donors (Lipinski definition) is 2. The van der Waals surface area contributed by atoms with E-state index in [-0.39, 0.29) is 5.13 Å². The molecule has 0 saturated carbocycles. The first kappa shape index (κ1) is 22.0. The molecule has 0 aliphatic rings. The smallest absolute Gasteiger partial charge is 0.316 e. The monoisotopic (exact) mass is 483 g/mol. The molecule has 3 amide bonds. The van der Waals surface area contributed by atoms with Gasteiger partial charge in [0.25, 0.3) is 5.91 Å². The standard InChI is InChI=1S/C23H16Cl2N4O2S/c24-17-8-6-15(7-9-17)20-14-32-23(27-20)29(22(26)31,19-12-10-18(25)11-13-19)28-21(30)16-4-2-1-3-5-16/h1-14H,(H2-,26,28,30,31)/p+1. The minimum Gasteiger partial charge on any atom is -0.316 e. The summed E-state index contributed by atoms with van der Waals surface area (Å²) in [6.07, 6.45) is 0. The molecule has 160 valence electrons. The molecule has 1 heterocycles. The lowest BCUT2D eigenvalue weighted by atomic mass is 10.2. The highest BCUT2D eigenvalue weighted by atomic mass is 35.5. The number of hydrogen-bond acceptors (Lipinski definition) is 4. The average molecular weight is 484 g/mol. The van der Waals surface area contributed by atoms with Gasteiger partial charge in [-0.3, -0.25) is 4.79 Å². The number of benzene rings is 3. The van der Waals surface area contributed by atoms with E-state index < -0.39 is 16.5 Å². The van der Waals surface area contributed by atoms with Crippen LogP contribution in [0, 0.1) is 0 Å². The van der Waals surface area contributed by atoms with E-state index >= 15 is 0 Å². The van der Waals surface area contributed by atoms with Gasteiger partial charge >= 0.3 is 11.2 Å². The summed E-state index contributed by atoms with van der Waals surface area (Å²) in [6.45, 7) is 0. The molecule has 32 heavy (non-hydrogen) atoms. The van der Waals surface area contributed by atoms with Crippen molar-refractivity contribution in [1.82, 2.24) is 15.0 Å². The zero-order chi connectivity index (χ0) is 22.7. The number of urea groups is 1. The lowest BCUT2D eigenvalue weighted by Gasteiger charge is -2.29. The summed E-state index contributed by atoms with van der Waals surface area (Å²) in [5, 5.41) is 3.14. The highest BCUT2D eigenvalue weighted by Crippen LogP contribution is 2.38. The number of primary amides is 1. The van der Waals surface area contributed by atoms with Gasteiger partial charge in [-0.2, -0.15) is 10.4 Å². The van der Waals surface area contributed by atoms with Crippen LogP contribution < -0.4 is 15.8 Å². The molecule has 0 aliphatic carbocycles. The van der Waals surface area contributed by atoms with E-state index in [2.05, 4.69) is 10.4 Å². The van der Waals surface area contributed by atoms with Crippen molar-refractivity contribution in [3.05, 3.63) is 99.9 Å². The fourth-order valence-electron chi connectivity index (χ4n) is 3.14. The van der Waals surface area contributed by atoms with Crippen molar-refractivity contribution in [1.29, 1.82) is 0 Å². The van der Waals surface area contributed by atoms with Gasteiger partial charge in [0.2, 0.25) is 0 Å². The van der Waals surface area contributed by atoms with Crippen LogP contribution >= 0.6 is 34.5 Å². The summed E-state index contributed by atoms with van der Waals surface area (Å²) < 4.78 is -0.802. The molecule has 1 unspecified atom stereocenters. The van der Waals surface area contributed by atoms with Crippen LogP contribution in [0.3, 0.4) is 0 Å². The van der Waals surface area contributed by atoms with Gasteiger partial charge in [-0.05, 0) is 41.0 Å². The van der Waals surface area contributed by atoms with E-state index in [4.69, 9.17) is 28.9 Å². The summed E-state index contributed by atoms with van der Waals surface area (Å²) in [4.78, 5) is 30.7. The fraction of sp³-hybridized carbons (Fsp3) is 0. The molecule has 0 aliphatic heterocycles. The van der Waals surface area contributed by atoms with Gasteiger partial charge in [0.15, 0.2) is 5.69 Å². The molecule has 0 bridgehead atoms. The molecule has 3 N–H and O–H groups in total. The van der Waals surface area contributed by atoms with Gasteiger partial charge in [0.1, 0.15) is 0 Å². The van der Waals surface area contributed by atoms with Gasteiger partial charge < -0.3 is 5.73 Å². The van der Waals surface area contributed by atoms with Crippen LogP contribution in [0.15, 0.2) is 84.2 Å². The molecule has 9 heteroatoms. The maximum atomic E-state index is 13.1. The molecule has 1 atom stereocenters. The van der Waals surface area contributed by atoms with E-state index in [0.717, 1.165) is 5.56 Å². The molecule has 3 aromatic carbocycles. The Kier molecular flexibility index (Phi) is 6.25. The molecular weight excluding hydrogens is 467 g/mol. The summed E-state index contributed by atoms with van der Waals surface area (Å²) >= 11 is 13.2. The van der Waals surface area contributed by atoms with Crippen molar-refractivity contribution in [3.8, 4) is 11.3 Å². The Labute approximate surface area is 198 Å². The van der Waals surface area contributed by atoms with Crippen LogP contribution in [0.1, 0.15) is 10.4 Å². The molecule has 0 fully saturated rings. The van der Waals surface area contributed by atoms with Crippen molar-refractivity contribution in [2.24, 2.45) is 5.73 Å². The number of nitrogens with two attached hydrogens (primary N) is 1. The second kappa shape index (κ2) is 9.10. The Morgan fingerprint density at radius 2 is 1.47 bits per heavy atom. The number of nitrogens with zero attached hydrogens (tertiary/aromatic N) is 2. The maximum Gasteiger partial charge on any atom is 0.451 e. The topological polar surface area (TPSA) is 85.1 Å². The van der Waals surface area contributed by atoms with Gasteiger partial charge in [-0.15, -0.1) is 0 Å². The van der Waals surface area contributed by atoms with Crippen molar-refractivity contribution in [3.63, 3.8) is 0 Å². The van der Waals surface area contributed by atoms with Crippen LogP contribution in [0.2, 0.25) is 10.0 Å². The summed E-state index contributed by atoms with van der Waals surface area (Å²) in [5.74, 6) is -0.484. The van der Waals surface area contributed by atoms with E-state index in [1.54, 1.807) is 72.1 Å². The number of halogens is 2. The number of rotatable bonds is 4. The first-order valence-corrected chi connectivity index (χ1v) is 11.1. The van der Waals surface area contributed by atoms with Gasteiger partial charge in [0, 0.05) is 38.7 Å². The lowest BCUT2D eigenvalue weighted by molar-refractivity contribution is 0.0881. The van der Waals surface area contributed by atoms with Crippen LogP contribution in [0.4, 0.5) is 15.6 Å². The number of carbonyl (C=O) groups excluding carboxylic acids is 2. The number of quaternary nitrogens is 1. The van der Waals surface area contributed by atoms with Gasteiger partial charge in [-0.1, -0.05) is 64.9 Å². The van der Waals surface area contributed by atoms with E-state index in [1.807, 2.05) is 12.1 Å².